The Morgan fingerprint density at radius 1 is 0.941 bits per heavy atom. The number of urea groups is 1. The highest BCUT2D eigenvalue weighted by Gasteiger charge is 2.45. The number of anilines is 2. The fourth-order valence-corrected chi connectivity index (χ4v) is 7.29. The standard InChI is InChI=1S/C35H46N6O8S2/c1-24(39-49-36)25-14-16-29-27(22-25)34(2,3)31(40(29)18-20-50(43,44)45)12-10-8-7-9-11-13-32-35(4,5)28-23-26(38-33(42)37-6)15-17-30(28)41(32)19-21-51(46,47)48/h7-17,22-24,39H,18-21,36H2,1-6H3,(H3-,37,38,42,43,44,45,46,47,48)/p+1. The Hall–Kier alpha value is -4.16. The third kappa shape index (κ3) is 9.39. The number of benzene rings is 2. The van der Waals surface area contributed by atoms with Crippen LogP contribution < -0.4 is 26.9 Å². The minimum absolute atomic E-state index is 0.0261. The van der Waals surface area contributed by atoms with E-state index < -0.39 is 42.6 Å². The van der Waals surface area contributed by atoms with Gasteiger partial charge >= 0.3 is 6.03 Å². The fourth-order valence-electron chi connectivity index (χ4n) is 6.46. The number of fused-ring (bicyclic) bond motifs is 2. The molecule has 16 heteroatoms. The summed E-state index contributed by atoms with van der Waals surface area (Å²) in [5.74, 6) is 4.29. The molecule has 1 atom stereocenters. The molecule has 4 rings (SSSR count). The first-order valence-electron chi connectivity index (χ1n) is 16.2. The first kappa shape index (κ1) is 39.6. The van der Waals surface area contributed by atoms with Crippen molar-refractivity contribution in [2.45, 2.75) is 51.5 Å². The summed E-state index contributed by atoms with van der Waals surface area (Å²) in [4.78, 5) is 18.4. The SMILES string of the molecule is CNC(=O)Nc1ccc2c(c1)C(C)(C)C(/C=C/C=C/C=C/C=C1/N(CCS(=O)(=O)O)c3ccc(C(C)NON)cc3C1(C)C)=[N+]2CCS(=O)(=O)O. The van der Waals surface area contributed by atoms with Crippen LogP contribution >= 0.6 is 0 Å². The van der Waals surface area contributed by atoms with Crippen LogP contribution in [0.4, 0.5) is 21.9 Å². The predicted molar refractivity (Wildman–Crippen MR) is 199 cm³/mol. The molecule has 0 radical (unpaired) electrons. The van der Waals surface area contributed by atoms with E-state index in [4.69, 9.17) is 5.90 Å². The number of hydroxylamine groups is 1. The molecule has 276 valence electrons. The maximum atomic E-state index is 11.9. The summed E-state index contributed by atoms with van der Waals surface area (Å²) < 4.78 is 67.6. The molecule has 0 aromatic heterocycles. The molecule has 51 heavy (non-hydrogen) atoms. The Bertz CT molecular complexity index is 2030. The molecule has 0 saturated heterocycles. The molecule has 0 aliphatic carbocycles. The Labute approximate surface area is 299 Å². The minimum atomic E-state index is -4.23. The van der Waals surface area contributed by atoms with Crippen molar-refractivity contribution in [3.05, 3.63) is 101 Å². The molecule has 0 bridgehead atoms. The van der Waals surface area contributed by atoms with Crippen LogP contribution in [-0.4, -0.2) is 73.9 Å². The van der Waals surface area contributed by atoms with Crippen molar-refractivity contribution in [3.8, 4) is 0 Å². The van der Waals surface area contributed by atoms with Crippen molar-refractivity contribution in [1.82, 2.24) is 10.8 Å². The molecule has 1 unspecified atom stereocenters. The summed E-state index contributed by atoms with van der Waals surface area (Å²) >= 11 is 0. The molecule has 2 aliphatic rings. The summed E-state index contributed by atoms with van der Waals surface area (Å²) in [6.45, 7) is 10.1. The number of nitrogens with two attached hydrogens (primary N) is 1. The summed E-state index contributed by atoms with van der Waals surface area (Å²) in [5, 5.41) is 5.29. The first-order chi connectivity index (χ1) is 23.8. The van der Waals surface area contributed by atoms with Crippen LogP contribution in [0, 0.1) is 0 Å². The highest BCUT2D eigenvalue weighted by Crippen LogP contribution is 2.48. The lowest BCUT2D eigenvalue weighted by Gasteiger charge is -2.26. The van der Waals surface area contributed by atoms with Gasteiger partial charge < -0.3 is 15.5 Å². The van der Waals surface area contributed by atoms with Crippen LogP contribution in [0.5, 0.6) is 0 Å². The van der Waals surface area contributed by atoms with Crippen molar-refractivity contribution < 1.29 is 40.2 Å². The van der Waals surface area contributed by atoms with Crippen molar-refractivity contribution in [3.63, 3.8) is 0 Å². The number of allylic oxidation sites excluding steroid dienone is 8. The van der Waals surface area contributed by atoms with E-state index in [0.29, 0.717) is 5.69 Å². The summed E-state index contributed by atoms with van der Waals surface area (Å²) in [7, 11) is -6.91. The molecule has 0 saturated carbocycles. The zero-order valence-corrected chi connectivity index (χ0v) is 31.2. The quantitative estimate of drug-likeness (QED) is 0.0693. The third-order valence-corrected chi connectivity index (χ3v) is 10.5. The van der Waals surface area contributed by atoms with Gasteiger partial charge in [-0.1, -0.05) is 56.4 Å². The number of nitrogens with one attached hydrogen (secondary N) is 3. The van der Waals surface area contributed by atoms with E-state index in [0.717, 1.165) is 39.5 Å². The second-order valence-corrected chi connectivity index (χ2v) is 16.5. The number of rotatable bonds is 14. The predicted octanol–water partition coefficient (Wildman–Crippen LogP) is 4.40. The van der Waals surface area contributed by atoms with Gasteiger partial charge in [0.25, 0.3) is 20.2 Å². The van der Waals surface area contributed by atoms with E-state index in [-0.39, 0.29) is 25.2 Å². The number of amides is 2. The molecule has 0 spiro atoms. The van der Waals surface area contributed by atoms with Crippen LogP contribution in [0.15, 0.2) is 84.6 Å². The van der Waals surface area contributed by atoms with Crippen molar-refractivity contribution >= 4 is 49.0 Å². The van der Waals surface area contributed by atoms with Gasteiger partial charge in [0.05, 0.1) is 17.2 Å². The molecule has 14 nitrogen and oxygen atoms in total. The highest BCUT2D eigenvalue weighted by molar-refractivity contribution is 7.86. The van der Waals surface area contributed by atoms with E-state index in [1.165, 1.54) is 7.05 Å². The van der Waals surface area contributed by atoms with E-state index in [9.17, 15) is 30.7 Å². The van der Waals surface area contributed by atoms with E-state index in [1.807, 2.05) is 117 Å². The van der Waals surface area contributed by atoms with Gasteiger partial charge in [-0.15, -0.1) is 0 Å². The van der Waals surface area contributed by atoms with Gasteiger partial charge in [-0.05, 0) is 56.2 Å². The molecular formula is C35H47N6O8S2+. The average molecular weight is 744 g/mol. The Morgan fingerprint density at radius 2 is 1.61 bits per heavy atom. The summed E-state index contributed by atoms with van der Waals surface area (Å²) in [6, 6.07) is 10.7. The van der Waals surface area contributed by atoms with Crippen LogP contribution in [-0.2, 0) is 36.0 Å². The van der Waals surface area contributed by atoms with Crippen LogP contribution in [0.2, 0.25) is 0 Å². The lowest BCUT2D eigenvalue weighted by Crippen LogP contribution is -2.30. The van der Waals surface area contributed by atoms with Gasteiger partial charge in [0.2, 0.25) is 5.69 Å². The fraction of sp³-hybridized carbons (Fsp3) is 0.371. The smallest absolute Gasteiger partial charge is 0.318 e. The second kappa shape index (κ2) is 15.6. The third-order valence-electron chi connectivity index (χ3n) is 9.14. The van der Waals surface area contributed by atoms with E-state index in [2.05, 4.69) is 21.1 Å². The lowest BCUT2D eigenvalue weighted by molar-refractivity contribution is -0.432. The molecular weight excluding hydrogens is 697 g/mol. The van der Waals surface area contributed by atoms with Crippen LogP contribution in [0.25, 0.3) is 0 Å². The number of carbonyl (C=O) groups excluding carboxylic acids is 1. The molecule has 2 amide bonds. The Kier molecular flexibility index (Phi) is 12.1. The average Bonchev–Trinajstić information content (AvgIpc) is 3.39. The number of nitrogens with zero attached hydrogens (tertiary/aromatic N) is 2. The van der Waals surface area contributed by atoms with E-state index in [1.54, 1.807) is 6.07 Å². The van der Waals surface area contributed by atoms with E-state index >= 15 is 0 Å². The summed E-state index contributed by atoms with van der Waals surface area (Å²) in [5.41, 5.74) is 8.25. The van der Waals surface area contributed by atoms with Crippen molar-refractivity contribution in [1.29, 1.82) is 0 Å². The molecule has 2 aliphatic heterocycles. The van der Waals surface area contributed by atoms with Crippen LogP contribution in [0.1, 0.15) is 57.4 Å². The molecule has 2 aromatic rings. The largest absolute Gasteiger partial charge is 0.343 e. The molecule has 2 aromatic carbocycles. The number of hydrogen-bond donors (Lipinski definition) is 6. The molecule has 7 N–H and O–H groups in total. The number of hydrogen-bond acceptors (Lipinski definition) is 9. The van der Waals surface area contributed by atoms with Gasteiger partial charge in [-0.3, -0.25) is 9.11 Å². The Morgan fingerprint density at radius 3 is 2.25 bits per heavy atom. The maximum Gasteiger partial charge on any atom is 0.318 e. The summed E-state index contributed by atoms with van der Waals surface area (Å²) in [6.07, 6.45) is 13.0. The topological polar surface area (TPSA) is 203 Å². The van der Waals surface area contributed by atoms with Gasteiger partial charge in [0.1, 0.15) is 5.75 Å². The Balaban J connectivity index is 1.61. The van der Waals surface area contributed by atoms with Gasteiger partial charge in [-0.2, -0.15) is 32.8 Å². The van der Waals surface area contributed by atoms with Crippen molar-refractivity contribution in [2.75, 3.05) is 41.9 Å². The first-order valence-corrected chi connectivity index (χ1v) is 19.5. The van der Waals surface area contributed by atoms with Crippen LogP contribution in [0.3, 0.4) is 0 Å². The zero-order valence-electron chi connectivity index (χ0n) is 29.5. The maximum absolute atomic E-state index is 11.9. The molecule has 2 heterocycles. The van der Waals surface area contributed by atoms with Gasteiger partial charge in [0.15, 0.2) is 12.3 Å². The highest BCUT2D eigenvalue weighted by atomic mass is 32.2. The monoisotopic (exact) mass is 743 g/mol. The van der Waals surface area contributed by atoms with Gasteiger partial charge in [-0.25, -0.2) is 9.73 Å². The minimum Gasteiger partial charge on any atom is -0.343 e. The normalized spacial score (nSPS) is 18.3. The number of carbonyl (C=O) groups is 1. The lowest BCUT2D eigenvalue weighted by atomic mass is 9.81. The second-order valence-electron chi connectivity index (χ2n) is 13.4. The zero-order chi connectivity index (χ0) is 37.8. The van der Waals surface area contributed by atoms with Gasteiger partial charge in [0, 0.05) is 53.8 Å². The molecule has 0 fully saturated rings. The van der Waals surface area contributed by atoms with Crippen molar-refractivity contribution in [2.24, 2.45) is 5.90 Å².